The smallest absolute Gasteiger partial charge is 0.323 e. The Kier molecular flexibility index (Phi) is 3.66. The van der Waals surface area contributed by atoms with Crippen molar-refractivity contribution in [2.45, 2.75) is 25.8 Å². The van der Waals surface area contributed by atoms with E-state index >= 15 is 0 Å². The van der Waals surface area contributed by atoms with Gasteiger partial charge in [-0.2, -0.15) is 0 Å². The first-order valence-corrected chi connectivity index (χ1v) is 7.31. The van der Waals surface area contributed by atoms with Gasteiger partial charge in [0.2, 0.25) is 5.91 Å². The maximum absolute atomic E-state index is 12.9. The molecule has 1 aromatic rings. The van der Waals surface area contributed by atoms with Crippen LogP contribution in [0.25, 0.3) is 0 Å². The molecule has 112 valence electrons. The van der Waals surface area contributed by atoms with Gasteiger partial charge in [-0.05, 0) is 42.4 Å². The summed E-state index contributed by atoms with van der Waals surface area (Å²) in [7, 11) is 0. The number of carbonyl (C=O) groups is 2. The van der Waals surface area contributed by atoms with Crippen molar-refractivity contribution >= 4 is 11.9 Å². The topological polar surface area (TPSA) is 57.6 Å². The van der Waals surface area contributed by atoms with Gasteiger partial charge in [-0.3, -0.25) is 9.59 Å². The number of hydrogen-bond donors (Lipinski definition) is 1. The highest BCUT2D eigenvalue weighted by molar-refractivity contribution is 5.85. The number of carbonyl (C=O) groups excluding carboxylic acids is 1. The summed E-state index contributed by atoms with van der Waals surface area (Å²) in [6.45, 7) is -0.0759. The standard InChI is InChI=1S/C16H18FNO3/c17-11-6-4-10(5-7-11)8-18(9-14(19)20)16(21)15-12-2-1-3-13(12)15/h4-7,12-13,15H,1-3,8-9H2,(H,19,20). The van der Waals surface area contributed by atoms with E-state index in [0.717, 1.165) is 18.4 Å². The number of rotatable bonds is 5. The van der Waals surface area contributed by atoms with E-state index < -0.39 is 5.97 Å². The Morgan fingerprint density at radius 1 is 1.19 bits per heavy atom. The van der Waals surface area contributed by atoms with E-state index in [1.165, 1.54) is 23.5 Å². The van der Waals surface area contributed by atoms with Crippen LogP contribution >= 0.6 is 0 Å². The van der Waals surface area contributed by atoms with Gasteiger partial charge in [-0.25, -0.2) is 4.39 Å². The molecule has 0 spiro atoms. The number of aliphatic carboxylic acids is 1. The van der Waals surface area contributed by atoms with Crippen molar-refractivity contribution in [2.24, 2.45) is 17.8 Å². The van der Waals surface area contributed by atoms with E-state index in [9.17, 15) is 14.0 Å². The van der Waals surface area contributed by atoms with Crippen LogP contribution in [-0.4, -0.2) is 28.4 Å². The Morgan fingerprint density at radius 3 is 2.38 bits per heavy atom. The summed E-state index contributed by atoms with van der Waals surface area (Å²) >= 11 is 0. The van der Waals surface area contributed by atoms with Gasteiger partial charge >= 0.3 is 5.97 Å². The zero-order valence-electron chi connectivity index (χ0n) is 11.7. The molecule has 0 radical (unpaired) electrons. The van der Waals surface area contributed by atoms with Crippen molar-refractivity contribution in [1.82, 2.24) is 4.90 Å². The molecule has 2 unspecified atom stereocenters. The van der Waals surface area contributed by atoms with Crippen molar-refractivity contribution in [3.8, 4) is 0 Å². The van der Waals surface area contributed by atoms with Gasteiger partial charge in [0.1, 0.15) is 12.4 Å². The molecule has 0 heterocycles. The highest BCUT2D eigenvalue weighted by Crippen LogP contribution is 2.58. The molecule has 0 aliphatic heterocycles. The number of benzene rings is 1. The zero-order valence-corrected chi connectivity index (χ0v) is 11.7. The minimum Gasteiger partial charge on any atom is -0.480 e. The molecule has 0 aromatic heterocycles. The molecule has 1 aromatic carbocycles. The zero-order chi connectivity index (χ0) is 15.0. The van der Waals surface area contributed by atoms with Crippen LogP contribution in [0.4, 0.5) is 4.39 Å². The number of carboxylic acid groups (broad SMARTS) is 1. The van der Waals surface area contributed by atoms with Crippen molar-refractivity contribution in [3.63, 3.8) is 0 Å². The van der Waals surface area contributed by atoms with Crippen LogP contribution in [0.1, 0.15) is 24.8 Å². The van der Waals surface area contributed by atoms with E-state index in [1.54, 1.807) is 12.1 Å². The number of hydrogen-bond acceptors (Lipinski definition) is 2. The quantitative estimate of drug-likeness (QED) is 0.905. The van der Waals surface area contributed by atoms with E-state index in [4.69, 9.17) is 5.11 Å². The number of carboxylic acids is 1. The Balaban J connectivity index is 1.70. The summed E-state index contributed by atoms with van der Waals surface area (Å²) in [6.07, 6.45) is 3.34. The van der Waals surface area contributed by atoms with Gasteiger partial charge < -0.3 is 10.0 Å². The number of fused-ring (bicyclic) bond motifs is 1. The first-order valence-electron chi connectivity index (χ1n) is 7.31. The average Bonchev–Trinajstić information content (AvgIpc) is 2.91. The normalized spacial score (nSPS) is 26.2. The third-order valence-corrected chi connectivity index (χ3v) is 4.62. The summed E-state index contributed by atoms with van der Waals surface area (Å²) in [6, 6.07) is 5.83. The maximum atomic E-state index is 12.9. The minimum atomic E-state index is -1.02. The molecule has 1 N–H and O–H groups in total. The largest absolute Gasteiger partial charge is 0.480 e. The minimum absolute atomic E-state index is 0.0125. The lowest BCUT2D eigenvalue weighted by Crippen LogP contribution is -2.37. The summed E-state index contributed by atoms with van der Waals surface area (Å²) in [5.41, 5.74) is 0.747. The Morgan fingerprint density at radius 2 is 1.81 bits per heavy atom. The molecular weight excluding hydrogens is 273 g/mol. The second-order valence-corrected chi connectivity index (χ2v) is 6.00. The van der Waals surface area contributed by atoms with Crippen molar-refractivity contribution in [1.29, 1.82) is 0 Å². The van der Waals surface area contributed by atoms with Crippen molar-refractivity contribution < 1.29 is 19.1 Å². The van der Waals surface area contributed by atoms with Gasteiger partial charge in [0.15, 0.2) is 0 Å². The second kappa shape index (κ2) is 5.47. The fraction of sp³-hybridized carbons (Fsp3) is 0.500. The first-order chi connectivity index (χ1) is 10.1. The Labute approximate surface area is 122 Å². The number of amides is 1. The maximum Gasteiger partial charge on any atom is 0.323 e. The summed E-state index contributed by atoms with van der Waals surface area (Å²) in [5, 5.41) is 9.01. The highest BCUT2D eigenvalue weighted by Gasteiger charge is 2.57. The number of nitrogens with zero attached hydrogens (tertiary/aromatic N) is 1. The van der Waals surface area contributed by atoms with Crippen LogP contribution in [0.5, 0.6) is 0 Å². The molecule has 3 rings (SSSR count). The van der Waals surface area contributed by atoms with Crippen LogP contribution in [0, 0.1) is 23.6 Å². The molecule has 2 fully saturated rings. The van der Waals surface area contributed by atoms with Gasteiger partial charge in [-0.15, -0.1) is 0 Å². The summed E-state index contributed by atoms with van der Waals surface area (Å²) < 4.78 is 12.9. The van der Waals surface area contributed by atoms with Crippen LogP contribution < -0.4 is 0 Å². The lowest BCUT2D eigenvalue weighted by atomic mass is 10.1. The molecule has 0 bridgehead atoms. The molecule has 2 aliphatic rings. The average molecular weight is 291 g/mol. The fourth-order valence-electron chi connectivity index (χ4n) is 3.58. The van der Waals surface area contributed by atoms with Crippen LogP contribution in [0.15, 0.2) is 24.3 Å². The molecule has 1 amide bonds. The molecular formula is C16H18FNO3. The van der Waals surface area contributed by atoms with Gasteiger partial charge in [0, 0.05) is 12.5 Å². The van der Waals surface area contributed by atoms with Crippen LogP contribution in [0.2, 0.25) is 0 Å². The highest BCUT2D eigenvalue weighted by atomic mass is 19.1. The fourth-order valence-corrected chi connectivity index (χ4v) is 3.58. The lowest BCUT2D eigenvalue weighted by molar-refractivity contribution is -0.145. The van der Waals surface area contributed by atoms with Crippen LogP contribution in [-0.2, 0) is 16.1 Å². The van der Waals surface area contributed by atoms with E-state index in [2.05, 4.69) is 0 Å². The Hall–Kier alpha value is -1.91. The van der Waals surface area contributed by atoms with Gasteiger partial charge in [0.25, 0.3) is 0 Å². The predicted molar refractivity (Wildman–Crippen MR) is 73.8 cm³/mol. The molecule has 5 heteroatoms. The molecule has 0 saturated heterocycles. The molecule has 2 saturated carbocycles. The summed E-state index contributed by atoms with van der Waals surface area (Å²) in [4.78, 5) is 24.9. The molecule has 2 atom stereocenters. The van der Waals surface area contributed by atoms with Gasteiger partial charge in [0.05, 0.1) is 0 Å². The predicted octanol–water partition coefficient (Wildman–Crippen LogP) is 2.29. The molecule has 21 heavy (non-hydrogen) atoms. The monoisotopic (exact) mass is 291 g/mol. The Bertz CT molecular complexity index is 547. The lowest BCUT2D eigenvalue weighted by Gasteiger charge is -2.22. The van der Waals surface area contributed by atoms with E-state index in [-0.39, 0.29) is 30.7 Å². The SMILES string of the molecule is O=C(O)CN(Cc1ccc(F)cc1)C(=O)C1C2CCCC21. The third-order valence-electron chi connectivity index (χ3n) is 4.62. The third kappa shape index (κ3) is 2.91. The van der Waals surface area contributed by atoms with Gasteiger partial charge in [-0.1, -0.05) is 18.6 Å². The van der Waals surface area contributed by atoms with Crippen molar-refractivity contribution in [2.75, 3.05) is 6.54 Å². The summed E-state index contributed by atoms with van der Waals surface area (Å²) in [5.74, 6) is -0.484. The number of halogens is 1. The van der Waals surface area contributed by atoms with E-state index in [0.29, 0.717) is 11.8 Å². The molecule has 2 aliphatic carbocycles. The first kappa shape index (κ1) is 14.0. The molecule has 4 nitrogen and oxygen atoms in total. The second-order valence-electron chi connectivity index (χ2n) is 6.00. The van der Waals surface area contributed by atoms with Crippen molar-refractivity contribution in [3.05, 3.63) is 35.6 Å². The van der Waals surface area contributed by atoms with E-state index in [1.807, 2.05) is 0 Å². The van der Waals surface area contributed by atoms with Crippen LogP contribution in [0.3, 0.4) is 0 Å².